The number of benzene rings is 2. The Labute approximate surface area is 145 Å². The summed E-state index contributed by atoms with van der Waals surface area (Å²) >= 11 is 0. The van der Waals surface area contributed by atoms with Gasteiger partial charge in [0.25, 0.3) is 0 Å². The van der Waals surface area contributed by atoms with Crippen LogP contribution in [0, 0.1) is 0 Å². The average molecular weight is 328 g/mol. The van der Waals surface area contributed by atoms with Gasteiger partial charge in [-0.25, -0.2) is 0 Å². The Hall–Kier alpha value is -3.27. The molecule has 0 atom stereocenters. The average Bonchev–Trinajstić information content (AvgIpc) is 3.27. The Bertz CT molecular complexity index is 1120. The van der Waals surface area contributed by atoms with E-state index in [0.29, 0.717) is 6.54 Å². The lowest BCUT2D eigenvalue weighted by Gasteiger charge is -2.10. The highest BCUT2D eigenvalue weighted by molar-refractivity contribution is 6.18. The van der Waals surface area contributed by atoms with E-state index in [9.17, 15) is 0 Å². The van der Waals surface area contributed by atoms with E-state index in [1.807, 2.05) is 30.3 Å². The summed E-state index contributed by atoms with van der Waals surface area (Å²) in [6.45, 7) is 0.616. The van der Waals surface area contributed by atoms with Crippen LogP contribution in [0.5, 0.6) is 5.75 Å². The first-order valence-corrected chi connectivity index (χ1v) is 8.22. The van der Waals surface area contributed by atoms with E-state index in [-0.39, 0.29) is 0 Å². The summed E-state index contributed by atoms with van der Waals surface area (Å²) in [4.78, 5) is 4.89. The zero-order valence-electron chi connectivity index (χ0n) is 13.8. The molecule has 1 aliphatic rings. The van der Waals surface area contributed by atoms with Crippen LogP contribution in [-0.4, -0.2) is 17.4 Å². The molecular formula is C21H16N2O2. The standard InChI is InChI=1S/C21H16N2O2/c1-24-18-10-4-7-15-13-25-21(19(15)18)20-17-9-5-11-23(17)16-8-3-2-6-14(16)12-22-20/h2-11,13H,12H2,1H3. The van der Waals surface area contributed by atoms with Crippen LogP contribution in [0.3, 0.4) is 0 Å². The van der Waals surface area contributed by atoms with Gasteiger partial charge in [0.05, 0.1) is 36.7 Å². The van der Waals surface area contributed by atoms with Crippen LogP contribution >= 0.6 is 0 Å². The molecule has 0 radical (unpaired) electrons. The Morgan fingerprint density at radius 1 is 1.04 bits per heavy atom. The van der Waals surface area contributed by atoms with Crippen LogP contribution in [0.1, 0.15) is 17.0 Å². The minimum Gasteiger partial charge on any atom is -0.496 e. The number of fused-ring (bicyclic) bond motifs is 4. The third-order valence-corrected chi connectivity index (χ3v) is 4.67. The van der Waals surface area contributed by atoms with Crippen molar-refractivity contribution in [2.45, 2.75) is 6.54 Å². The molecule has 0 spiro atoms. The number of nitrogens with zero attached hydrogens (tertiary/aromatic N) is 2. The highest BCUT2D eigenvalue weighted by Crippen LogP contribution is 2.34. The quantitative estimate of drug-likeness (QED) is 0.540. The Kier molecular flexibility index (Phi) is 3.04. The number of methoxy groups -OCH3 is 1. The molecule has 2 aromatic carbocycles. The Balaban J connectivity index is 1.78. The van der Waals surface area contributed by atoms with E-state index < -0.39 is 0 Å². The number of rotatable bonds is 2. The maximum absolute atomic E-state index is 5.95. The summed E-state index contributed by atoms with van der Waals surface area (Å²) in [6.07, 6.45) is 3.83. The molecule has 0 N–H and O–H groups in total. The van der Waals surface area contributed by atoms with Crippen molar-refractivity contribution in [3.05, 3.63) is 84.1 Å². The second-order valence-corrected chi connectivity index (χ2v) is 6.05. The molecule has 0 fully saturated rings. The third kappa shape index (κ3) is 2.04. The molecule has 1 aliphatic heterocycles. The largest absolute Gasteiger partial charge is 0.496 e. The van der Waals surface area contributed by atoms with Gasteiger partial charge in [0.2, 0.25) is 0 Å². The number of hydrogen-bond acceptors (Lipinski definition) is 3. The molecule has 0 bridgehead atoms. The zero-order chi connectivity index (χ0) is 16.8. The predicted octanol–water partition coefficient (Wildman–Crippen LogP) is 4.58. The van der Waals surface area contributed by atoms with Crippen LogP contribution < -0.4 is 4.74 Å². The molecule has 0 aliphatic carbocycles. The molecule has 122 valence electrons. The normalized spacial score (nSPS) is 13.1. The fourth-order valence-corrected chi connectivity index (χ4v) is 3.51. The topological polar surface area (TPSA) is 39.7 Å². The molecule has 4 heteroatoms. The van der Waals surface area contributed by atoms with Crippen molar-refractivity contribution in [1.29, 1.82) is 0 Å². The van der Waals surface area contributed by atoms with Crippen LogP contribution in [0.4, 0.5) is 0 Å². The summed E-state index contributed by atoms with van der Waals surface area (Å²) in [5, 5.41) is 1.97. The van der Waals surface area contributed by atoms with Crippen LogP contribution in [-0.2, 0) is 6.54 Å². The molecule has 3 heterocycles. The van der Waals surface area contributed by atoms with Gasteiger partial charge < -0.3 is 13.7 Å². The molecular weight excluding hydrogens is 312 g/mol. The van der Waals surface area contributed by atoms with Crippen molar-refractivity contribution in [3.8, 4) is 11.4 Å². The number of furan rings is 1. The van der Waals surface area contributed by atoms with E-state index >= 15 is 0 Å². The SMILES string of the molecule is COc1cccc2coc(C3=NCc4ccccc4-n4cccc43)c12. The monoisotopic (exact) mass is 328 g/mol. The molecule has 5 rings (SSSR count). The molecule has 2 aromatic heterocycles. The fraction of sp³-hybridized carbons (Fsp3) is 0.0952. The number of para-hydroxylation sites is 1. The smallest absolute Gasteiger partial charge is 0.165 e. The van der Waals surface area contributed by atoms with E-state index in [1.54, 1.807) is 13.4 Å². The molecule has 0 unspecified atom stereocenters. The minimum absolute atomic E-state index is 0.616. The van der Waals surface area contributed by atoms with Crippen LogP contribution in [0.2, 0.25) is 0 Å². The highest BCUT2D eigenvalue weighted by atomic mass is 16.5. The summed E-state index contributed by atoms with van der Waals surface area (Å²) in [7, 11) is 1.68. The number of ether oxygens (including phenoxy) is 1. The van der Waals surface area contributed by atoms with E-state index in [1.165, 1.54) is 5.56 Å². The van der Waals surface area contributed by atoms with Gasteiger partial charge >= 0.3 is 0 Å². The lowest BCUT2D eigenvalue weighted by atomic mass is 10.1. The third-order valence-electron chi connectivity index (χ3n) is 4.67. The maximum Gasteiger partial charge on any atom is 0.165 e. The fourth-order valence-electron chi connectivity index (χ4n) is 3.51. The first-order valence-electron chi connectivity index (χ1n) is 8.22. The van der Waals surface area contributed by atoms with Crippen LogP contribution in [0.15, 0.2) is 76.5 Å². The number of aliphatic imine (C=N–C) groups is 1. The van der Waals surface area contributed by atoms with Gasteiger partial charge in [0.15, 0.2) is 5.76 Å². The van der Waals surface area contributed by atoms with E-state index in [2.05, 4.69) is 35.0 Å². The first-order chi connectivity index (χ1) is 12.4. The second kappa shape index (κ2) is 5.38. The zero-order valence-corrected chi connectivity index (χ0v) is 13.8. The number of hydrogen-bond donors (Lipinski definition) is 0. The van der Waals surface area contributed by atoms with Gasteiger partial charge in [-0.3, -0.25) is 4.99 Å². The molecule has 4 aromatic rings. The first kappa shape index (κ1) is 14.1. The molecule has 0 amide bonds. The predicted molar refractivity (Wildman–Crippen MR) is 97.9 cm³/mol. The van der Waals surface area contributed by atoms with Crippen molar-refractivity contribution in [2.24, 2.45) is 4.99 Å². The lowest BCUT2D eigenvalue weighted by Crippen LogP contribution is -2.08. The van der Waals surface area contributed by atoms with E-state index in [4.69, 9.17) is 14.1 Å². The van der Waals surface area contributed by atoms with Crippen molar-refractivity contribution in [2.75, 3.05) is 7.11 Å². The van der Waals surface area contributed by atoms with Crippen molar-refractivity contribution in [3.63, 3.8) is 0 Å². The van der Waals surface area contributed by atoms with Crippen molar-refractivity contribution >= 4 is 16.5 Å². The molecule has 0 saturated heterocycles. The summed E-state index contributed by atoms with van der Waals surface area (Å²) in [5.41, 5.74) is 4.22. The van der Waals surface area contributed by atoms with E-state index in [0.717, 1.165) is 39.4 Å². The van der Waals surface area contributed by atoms with Gasteiger partial charge in [-0.15, -0.1) is 0 Å². The van der Waals surface area contributed by atoms with Crippen molar-refractivity contribution in [1.82, 2.24) is 4.57 Å². The maximum atomic E-state index is 5.95. The summed E-state index contributed by atoms with van der Waals surface area (Å²) in [6, 6.07) is 18.4. The lowest BCUT2D eigenvalue weighted by molar-refractivity contribution is 0.419. The van der Waals surface area contributed by atoms with Gasteiger partial charge in [0.1, 0.15) is 11.5 Å². The van der Waals surface area contributed by atoms with Crippen molar-refractivity contribution < 1.29 is 9.15 Å². The number of aromatic nitrogens is 1. The molecule has 4 nitrogen and oxygen atoms in total. The Morgan fingerprint density at radius 2 is 1.96 bits per heavy atom. The molecule has 0 saturated carbocycles. The van der Waals surface area contributed by atoms with Gasteiger partial charge in [-0.2, -0.15) is 0 Å². The Morgan fingerprint density at radius 3 is 2.88 bits per heavy atom. The minimum atomic E-state index is 0.616. The molecule has 25 heavy (non-hydrogen) atoms. The second-order valence-electron chi connectivity index (χ2n) is 6.05. The summed E-state index contributed by atoms with van der Waals surface area (Å²) < 4.78 is 13.7. The van der Waals surface area contributed by atoms with Gasteiger partial charge in [-0.05, 0) is 29.8 Å². The van der Waals surface area contributed by atoms with Gasteiger partial charge in [-0.1, -0.05) is 30.3 Å². The highest BCUT2D eigenvalue weighted by Gasteiger charge is 2.23. The van der Waals surface area contributed by atoms with Crippen LogP contribution in [0.25, 0.3) is 16.5 Å². The summed E-state index contributed by atoms with van der Waals surface area (Å²) in [5.74, 6) is 1.55. The van der Waals surface area contributed by atoms with Gasteiger partial charge in [0, 0.05) is 11.6 Å².